The van der Waals surface area contributed by atoms with Gasteiger partial charge in [-0.15, -0.1) is 10.2 Å². The zero-order valence-corrected chi connectivity index (χ0v) is 11.4. The van der Waals surface area contributed by atoms with Gasteiger partial charge < -0.3 is 4.90 Å². The second kappa shape index (κ2) is 5.10. The van der Waals surface area contributed by atoms with Crippen molar-refractivity contribution < 1.29 is 18.0 Å². The van der Waals surface area contributed by atoms with Crippen LogP contribution in [0.15, 0.2) is 16.8 Å². The molecule has 0 aliphatic carbocycles. The lowest BCUT2D eigenvalue weighted by molar-refractivity contribution is -0.158. The van der Waals surface area contributed by atoms with Crippen LogP contribution in [0, 0.1) is 0 Å². The highest BCUT2D eigenvalue weighted by Crippen LogP contribution is 2.26. The minimum absolute atomic E-state index is 0.0400. The summed E-state index contributed by atoms with van der Waals surface area (Å²) in [4.78, 5) is 13.9. The van der Waals surface area contributed by atoms with Crippen molar-refractivity contribution in [1.82, 2.24) is 25.1 Å². The van der Waals surface area contributed by atoms with Crippen LogP contribution in [-0.2, 0) is 4.79 Å². The second-order valence-corrected chi connectivity index (χ2v) is 5.40. The van der Waals surface area contributed by atoms with Crippen LogP contribution in [0.5, 0.6) is 0 Å². The van der Waals surface area contributed by atoms with E-state index in [1.54, 1.807) is 6.07 Å². The van der Waals surface area contributed by atoms with Crippen molar-refractivity contribution >= 4 is 17.2 Å². The second-order valence-electron chi connectivity index (χ2n) is 4.62. The Morgan fingerprint density at radius 3 is 2.90 bits per heavy atom. The standard InChI is InChI=1S/C11H10F3N5OS/c12-11(13,14)6-18-3-1-8(10(18)20)19-16-9(15-17-19)7-2-4-21-5-7/h2,4-5,8H,1,3,6H2/t8-/m1/s1. The van der Waals surface area contributed by atoms with Gasteiger partial charge in [0.05, 0.1) is 0 Å². The third-order valence-electron chi connectivity index (χ3n) is 3.13. The predicted octanol–water partition coefficient (Wildman–Crippen LogP) is 1.74. The van der Waals surface area contributed by atoms with E-state index in [2.05, 4.69) is 15.4 Å². The summed E-state index contributed by atoms with van der Waals surface area (Å²) in [5, 5.41) is 15.4. The van der Waals surface area contributed by atoms with Gasteiger partial charge in [0.25, 0.3) is 0 Å². The molecule has 1 saturated heterocycles. The molecule has 1 amide bonds. The molecule has 21 heavy (non-hydrogen) atoms. The average molecular weight is 317 g/mol. The van der Waals surface area contributed by atoms with E-state index >= 15 is 0 Å². The number of amides is 1. The SMILES string of the molecule is O=C1[C@H](n2nnc(-c3ccsc3)n2)CCN1CC(F)(F)F. The van der Waals surface area contributed by atoms with E-state index in [-0.39, 0.29) is 13.0 Å². The van der Waals surface area contributed by atoms with Crippen molar-refractivity contribution in [3.05, 3.63) is 16.8 Å². The number of thiophene rings is 1. The number of carbonyl (C=O) groups excluding carboxylic acids is 1. The molecular formula is C11H10F3N5OS. The molecule has 3 rings (SSSR count). The molecule has 0 bridgehead atoms. The number of rotatable bonds is 3. The van der Waals surface area contributed by atoms with Crippen molar-refractivity contribution in [3.8, 4) is 11.4 Å². The van der Waals surface area contributed by atoms with Gasteiger partial charge in [-0.2, -0.15) is 29.3 Å². The Balaban J connectivity index is 1.75. The molecule has 0 radical (unpaired) electrons. The summed E-state index contributed by atoms with van der Waals surface area (Å²) in [6.07, 6.45) is -4.16. The molecule has 0 aromatic carbocycles. The summed E-state index contributed by atoms with van der Waals surface area (Å²) in [5.41, 5.74) is 0.767. The van der Waals surface area contributed by atoms with Crippen molar-refractivity contribution in [2.24, 2.45) is 0 Å². The molecule has 1 atom stereocenters. The van der Waals surface area contributed by atoms with E-state index in [0.29, 0.717) is 5.82 Å². The van der Waals surface area contributed by atoms with Gasteiger partial charge in [0.15, 0.2) is 6.04 Å². The fourth-order valence-corrected chi connectivity index (χ4v) is 2.81. The van der Waals surface area contributed by atoms with Crippen LogP contribution in [0.25, 0.3) is 11.4 Å². The number of alkyl halides is 3. The number of likely N-dealkylation sites (tertiary alicyclic amines) is 1. The number of halogens is 3. The molecule has 2 aromatic rings. The maximum atomic E-state index is 12.4. The van der Waals surface area contributed by atoms with E-state index in [1.807, 2.05) is 10.8 Å². The summed E-state index contributed by atoms with van der Waals surface area (Å²) in [7, 11) is 0. The zero-order chi connectivity index (χ0) is 15.0. The van der Waals surface area contributed by atoms with Crippen molar-refractivity contribution in [1.29, 1.82) is 0 Å². The van der Waals surface area contributed by atoms with E-state index in [9.17, 15) is 18.0 Å². The molecule has 1 aliphatic heterocycles. The molecular weight excluding hydrogens is 307 g/mol. The first kappa shape index (κ1) is 14.0. The van der Waals surface area contributed by atoms with Crippen LogP contribution in [0.1, 0.15) is 12.5 Å². The third-order valence-corrected chi connectivity index (χ3v) is 3.81. The Kier molecular flexibility index (Phi) is 3.40. The minimum Gasteiger partial charge on any atom is -0.332 e. The smallest absolute Gasteiger partial charge is 0.332 e. The number of carbonyl (C=O) groups is 1. The first-order valence-electron chi connectivity index (χ1n) is 6.12. The molecule has 1 aliphatic rings. The van der Waals surface area contributed by atoms with Gasteiger partial charge in [-0.1, -0.05) is 0 Å². The summed E-state index contributed by atoms with van der Waals surface area (Å²) >= 11 is 1.47. The first-order chi connectivity index (χ1) is 9.94. The van der Waals surface area contributed by atoms with E-state index < -0.39 is 24.7 Å². The Morgan fingerprint density at radius 1 is 1.43 bits per heavy atom. The molecule has 1 fully saturated rings. The van der Waals surface area contributed by atoms with Crippen LogP contribution in [0.3, 0.4) is 0 Å². The average Bonchev–Trinajstić information content (AvgIpc) is 3.09. The summed E-state index contributed by atoms with van der Waals surface area (Å²) < 4.78 is 37.1. The Hall–Kier alpha value is -1.97. The van der Waals surface area contributed by atoms with Crippen LogP contribution in [0.2, 0.25) is 0 Å². The third kappa shape index (κ3) is 2.89. The minimum atomic E-state index is -4.40. The molecule has 10 heteroatoms. The number of aromatic nitrogens is 4. The van der Waals surface area contributed by atoms with Gasteiger partial charge >= 0.3 is 6.18 Å². The lowest BCUT2D eigenvalue weighted by Crippen LogP contribution is -2.37. The van der Waals surface area contributed by atoms with Gasteiger partial charge in [0.1, 0.15) is 6.54 Å². The van der Waals surface area contributed by atoms with Crippen LogP contribution in [0.4, 0.5) is 13.2 Å². The van der Waals surface area contributed by atoms with Crippen LogP contribution in [-0.4, -0.2) is 50.3 Å². The molecule has 0 unspecified atom stereocenters. The van der Waals surface area contributed by atoms with Gasteiger partial charge in [-0.05, 0) is 23.1 Å². The lowest BCUT2D eigenvalue weighted by Gasteiger charge is -2.17. The van der Waals surface area contributed by atoms with Crippen molar-refractivity contribution in [2.45, 2.75) is 18.6 Å². The monoisotopic (exact) mass is 317 g/mol. The fraction of sp³-hybridized carbons (Fsp3) is 0.455. The fourth-order valence-electron chi connectivity index (χ4n) is 2.17. The van der Waals surface area contributed by atoms with Gasteiger partial charge in [0, 0.05) is 17.5 Å². The topological polar surface area (TPSA) is 63.9 Å². The largest absolute Gasteiger partial charge is 0.406 e. The van der Waals surface area contributed by atoms with Gasteiger partial charge in [-0.3, -0.25) is 4.79 Å². The van der Waals surface area contributed by atoms with Crippen molar-refractivity contribution in [3.63, 3.8) is 0 Å². The Bertz CT molecular complexity index is 639. The van der Waals surface area contributed by atoms with Crippen LogP contribution < -0.4 is 0 Å². The number of nitrogens with zero attached hydrogens (tertiary/aromatic N) is 5. The summed E-state index contributed by atoms with van der Waals surface area (Å²) in [6, 6.07) is 0.991. The lowest BCUT2D eigenvalue weighted by atomic mass is 10.3. The van der Waals surface area contributed by atoms with Crippen LogP contribution >= 0.6 is 11.3 Å². The molecule has 0 spiro atoms. The number of tetrazole rings is 1. The summed E-state index contributed by atoms with van der Waals surface area (Å²) in [6.45, 7) is -1.20. The highest BCUT2D eigenvalue weighted by atomic mass is 32.1. The maximum Gasteiger partial charge on any atom is 0.406 e. The van der Waals surface area contributed by atoms with E-state index in [4.69, 9.17) is 0 Å². The highest BCUT2D eigenvalue weighted by Gasteiger charge is 2.41. The molecule has 0 saturated carbocycles. The Morgan fingerprint density at radius 2 is 2.24 bits per heavy atom. The number of hydrogen-bond donors (Lipinski definition) is 0. The summed E-state index contributed by atoms with van der Waals surface area (Å²) in [5.74, 6) is -0.264. The molecule has 0 N–H and O–H groups in total. The molecule has 2 aromatic heterocycles. The zero-order valence-electron chi connectivity index (χ0n) is 10.6. The van der Waals surface area contributed by atoms with Gasteiger partial charge in [-0.25, -0.2) is 0 Å². The molecule has 6 nitrogen and oxygen atoms in total. The predicted molar refractivity (Wildman–Crippen MR) is 67.4 cm³/mol. The van der Waals surface area contributed by atoms with Crippen molar-refractivity contribution in [2.75, 3.05) is 13.1 Å². The van der Waals surface area contributed by atoms with E-state index in [1.165, 1.54) is 11.3 Å². The maximum absolute atomic E-state index is 12.4. The Labute approximate surface area is 121 Å². The molecule has 112 valence electrons. The molecule has 3 heterocycles. The quantitative estimate of drug-likeness (QED) is 0.865. The first-order valence-corrected chi connectivity index (χ1v) is 7.06. The number of hydrogen-bond acceptors (Lipinski definition) is 5. The highest BCUT2D eigenvalue weighted by molar-refractivity contribution is 7.08. The van der Waals surface area contributed by atoms with Gasteiger partial charge in [0.2, 0.25) is 11.7 Å². The van der Waals surface area contributed by atoms with E-state index in [0.717, 1.165) is 15.3 Å². The normalized spacial score (nSPS) is 19.5.